The van der Waals surface area contributed by atoms with Gasteiger partial charge in [-0.15, -0.1) is 13.2 Å². The van der Waals surface area contributed by atoms with Crippen LogP contribution in [0.25, 0.3) is 0 Å². The summed E-state index contributed by atoms with van der Waals surface area (Å²) in [5, 5.41) is 0. The third kappa shape index (κ3) is 70.4. The molecule has 0 rings (SSSR count). The molecule has 0 bridgehead atoms. The van der Waals surface area contributed by atoms with Crippen molar-refractivity contribution in [1.29, 1.82) is 0 Å². The predicted octanol–water partition coefficient (Wildman–Crippen LogP) is 10.3. The minimum atomic E-state index is 0. The standard InChI is InChI=1S/2C10H20N2.C6H10.6CH3.2Pt/c2*1-5-9(3)11-7-8-12-10(4)6-2;1-3-5-6-4-2;;;;;;;;/h2*7-10H,5-6H2,1-4H3;3-4H,1-2,5-6H2;6*1H3;;/q;;;6*-1;+2;+4. The van der Waals surface area contributed by atoms with Crippen LogP contribution in [-0.4, -0.2) is 49.0 Å². The van der Waals surface area contributed by atoms with Gasteiger partial charge in [-0.25, -0.2) is 0 Å². The molecule has 0 aromatic heterocycles. The first-order valence-electron chi connectivity index (χ1n) is 11.6. The molecule has 38 heavy (non-hydrogen) atoms. The molecule has 0 aliphatic rings. The van der Waals surface area contributed by atoms with Crippen molar-refractivity contribution < 1.29 is 42.1 Å². The fourth-order valence-electron chi connectivity index (χ4n) is 1.40. The van der Waals surface area contributed by atoms with Crippen LogP contribution in [0.4, 0.5) is 0 Å². The van der Waals surface area contributed by atoms with E-state index in [1.807, 2.05) is 12.2 Å². The van der Waals surface area contributed by atoms with Crippen molar-refractivity contribution in [2.75, 3.05) is 0 Å². The van der Waals surface area contributed by atoms with Crippen molar-refractivity contribution in [3.05, 3.63) is 69.9 Å². The molecule has 0 aromatic carbocycles. The summed E-state index contributed by atoms with van der Waals surface area (Å²) in [6.45, 7) is 24.1. The second-order valence-electron chi connectivity index (χ2n) is 7.38. The Hall–Kier alpha value is -0.463. The third-order valence-corrected chi connectivity index (χ3v) is 4.43. The molecule has 0 heterocycles. The molecule has 0 saturated carbocycles. The average Bonchev–Trinajstić information content (AvgIpc) is 2.77. The van der Waals surface area contributed by atoms with Crippen LogP contribution in [0.15, 0.2) is 45.3 Å². The van der Waals surface area contributed by atoms with Crippen LogP contribution in [0.2, 0.25) is 0 Å². The zero-order chi connectivity index (χ0) is 23.6. The predicted molar refractivity (Wildman–Crippen MR) is 181 cm³/mol. The van der Waals surface area contributed by atoms with Crippen molar-refractivity contribution in [3.63, 3.8) is 0 Å². The van der Waals surface area contributed by atoms with E-state index in [9.17, 15) is 0 Å². The second-order valence-corrected chi connectivity index (χ2v) is 7.38. The Bertz CT molecular complexity index is 410. The van der Waals surface area contributed by atoms with Gasteiger partial charge in [0.25, 0.3) is 0 Å². The summed E-state index contributed by atoms with van der Waals surface area (Å²) in [5.41, 5.74) is 0. The molecule has 0 aromatic rings. The Labute approximate surface area is 273 Å². The van der Waals surface area contributed by atoms with Crippen LogP contribution in [0.3, 0.4) is 0 Å². The summed E-state index contributed by atoms with van der Waals surface area (Å²) in [7, 11) is 0. The molecule has 4 nitrogen and oxygen atoms in total. The first-order valence-corrected chi connectivity index (χ1v) is 11.6. The minimum absolute atomic E-state index is 0. The molecule has 0 spiro atoms. The van der Waals surface area contributed by atoms with Crippen molar-refractivity contribution in [2.45, 2.75) is 118 Å². The zero-order valence-corrected chi connectivity index (χ0v) is 32.4. The summed E-state index contributed by atoms with van der Waals surface area (Å²) in [6.07, 6.45) is 17.5. The molecule has 0 amide bonds. The number of aliphatic imine (C=N–C) groups is 4. The third-order valence-electron chi connectivity index (χ3n) is 4.43. The molecule has 4 unspecified atom stereocenters. The number of nitrogens with zero attached hydrogens (tertiary/aromatic N) is 4. The average molecular weight is 899 g/mol. The van der Waals surface area contributed by atoms with E-state index in [4.69, 9.17) is 0 Å². The van der Waals surface area contributed by atoms with E-state index in [1.54, 1.807) is 24.9 Å². The van der Waals surface area contributed by atoms with Crippen LogP contribution in [0, 0.1) is 44.6 Å². The van der Waals surface area contributed by atoms with E-state index >= 15 is 0 Å². The van der Waals surface area contributed by atoms with Crippen LogP contribution >= 0.6 is 0 Å². The molecule has 0 fully saturated rings. The van der Waals surface area contributed by atoms with Gasteiger partial charge in [-0.05, 0) is 66.2 Å². The van der Waals surface area contributed by atoms with Gasteiger partial charge in [-0.1, -0.05) is 39.8 Å². The number of hydrogen-bond donors (Lipinski definition) is 0. The van der Waals surface area contributed by atoms with E-state index in [0.29, 0.717) is 24.2 Å². The number of rotatable bonds is 13. The van der Waals surface area contributed by atoms with Crippen LogP contribution in [-0.2, 0) is 42.1 Å². The molecule has 6 heteroatoms. The maximum Gasteiger partial charge on any atom is 4.00 e. The quantitative estimate of drug-likeness (QED) is 0.0766. The van der Waals surface area contributed by atoms with E-state index in [2.05, 4.69) is 88.5 Å². The Morgan fingerprint density at radius 1 is 0.474 bits per heavy atom. The van der Waals surface area contributed by atoms with Gasteiger partial charge in [0.15, 0.2) is 0 Å². The molecule has 0 aliphatic carbocycles. The first-order chi connectivity index (χ1) is 14.3. The maximum atomic E-state index is 4.27. The largest absolute Gasteiger partial charge is 4.00 e. The normalized spacial score (nSPS) is 12.1. The van der Waals surface area contributed by atoms with E-state index in [-0.39, 0.29) is 86.7 Å². The number of hydrogen-bond acceptors (Lipinski definition) is 4. The molecule has 0 aliphatic heterocycles. The number of allylic oxidation sites excluding steroid dienone is 2. The Morgan fingerprint density at radius 2 is 0.632 bits per heavy atom. The van der Waals surface area contributed by atoms with Gasteiger partial charge in [0.1, 0.15) is 0 Å². The summed E-state index contributed by atoms with van der Waals surface area (Å²) in [4.78, 5) is 17.1. The smallest absolute Gasteiger partial charge is 0.358 e. The topological polar surface area (TPSA) is 49.4 Å². The first kappa shape index (κ1) is 71.2. The SMILES string of the molecule is C=CCCC=C.CCC(C)N=CC=NC(C)CC.CCC(C)N=CC=NC(C)CC.[CH3-].[CH3-].[CH3-].[CH3-].[CH3-].[CH3-].[Pt+2].[Pt+4]. The van der Waals surface area contributed by atoms with Crippen LogP contribution in [0.1, 0.15) is 93.9 Å². The summed E-state index contributed by atoms with van der Waals surface area (Å²) in [5.74, 6) is 0. The molecule has 4 atom stereocenters. The molecule has 236 valence electrons. The van der Waals surface area contributed by atoms with E-state index in [0.717, 1.165) is 38.5 Å². The Morgan fingerprint density at radius 3 is 0.737 bits per heavy atom. The monoisotopic (exact) mass is 898 g/mol. The summed E-state index contributed by atoms with van der Waals surface area (Å²) >= 11 is 0. The van der Waals surface area contributed by atoms with Gasteiger partial charge in [0.05, 0.1) is 0 Å². The van der Waals surface area contributed by atoms with Gasteiger partial charge in [-0.3, -0.25) is 20.0 Å². The van der Waals surface area contributed by atoms with Gasteiger partial charge in [0.2, 0.25) is 0 Å². The van der Waals surface area contributed by atoms with Crippen molar-refractivity contribution in [3.8, 4) is 0 Å². The maximum absolute atomic E-state index is 4.27. The fourth-order valence-corrected chi connectivity index (χ4v) is 1.40. The molecular formula is C32H68N4Pt2. The van der Waals surface area contributed by atoms with Crippen molar-refractivity contribution >= 4 is 24.9 Å². The molecule has 0 radical (unpaired) electrons. The van der Waals surface area contributed by atoms with Gasteiger partial charge >= 0.3 is 42.1 Å². The van der Waals surface area contributed by atoms with Crippen LogP contribution < -0.4 is 0 Å². The van der Waals surface area contributed by atoms with Gasteiger partial charge in [0, 0.05) is 49.0 Å². The molecular weight excluding hydrogens is 831 g/mol. The Balaban J connectivity index is -0.0000000301. The number of unbranched alkanes of at least 4 members (excludes halogenated alkanes) is 1. The zero-order valence-electron chi connectivity index (χ0n) is 27.9. The van der Waals surface area contributed by atoms with Crippen LogP contribution in [0.5, 0.6) is 0 Å². The summed E-state index contributed by atoms with van der Waals surface area (Å²) in [6, 6.07) is 1.70. The van der Waals surface area contributed by atoms with Crippen molar-refractivity contribution in [2.24, 2.45) is 20.0 Å². The Kier molecular flexibility index (Phi) is 114. The molecule has 0 saturated heterocycles. The second kappa shape index (κ2) is 60.8. The van der Waals surface area contributed by atoms with Gasteiger partial charge < -0.3 is 44.6 Å². The fraction of sp³-hybridized carbons (Fsp3) is 0.562. The minimum Gasteiger partial charge on any atom is -0.358 e. The van der Waals surface area contributed by atoms with E-state index < -0.39 is 0 Å². The van der Waals surface area contributed by atoms with Crippen molar-refractivity contribution in [1.82, 2.24) is 0 Å². The molecule has 0 N–H and O–H groups in total. The van der Waals surface area contributed by atoms with E-state index in [1.165, 1.54) is 0 Å². The summed E-state index contributed by atoms with van der Waals surface area (Å²) < 4.78 is 0. The van der Waals surface area contributed by atoms with Gasteiger partial charge in [-0.2, -0.15) is 0 Å².